The number of urea groups is 1. The molecule has 0 aromatic carbocycles. The lowest BCUT2D eigenvalue weighted by Gasteiger charge is -1.91. The van der Waals surface area contributed by atoms with Crippen LogP contribution in [0.15, 0.2) is 15.3 Å². The first kappa shape index (κ1) is 10.9. The van der Waals surface area contributed by atoms with Crippen molar-refractivity contribution in [2.75, 3.05) is 0 Å². The molecule has 0 saturated heterocycles. The number of hydrazone groups is 1. The molecule has 0 aromatic heterocycles. The number of rotatable bonds is 3. The van der Waals surface area contributed by atoms with Crippen LogP contribution in [0.5, 0.6) is 0 Å². The molecule has 0 atom stereocenters. The van der Waals surface area contributed by atoms with Gasteiger partial charge in [0, 0.05) is 0 Å². The molecule has 2 amide bonds. The molecule has 0 heterocycles. The Morgan fingerprint density at radius 3 is 2.46 bits per heavy atom. The summed E-state index contributed by atoms with van der Waals surface area (Å²) in [6.45, 7) is 1.58. The third kappa shape index (κ3) is 7.78. The van der Waals surface area contributed by atoms with Gasteiger partial charge in [0.05, 0.1) is 11.9 Å². The molecule has 0 fully saturated rings. The van der Waals surface area contributed by atoms with Gasteiger partial charge in [-0.3, -0.25) is 0 Å². The molecule has 0 aliphatic heterocycles. The van der Waals surface area contributed by atoms with Crippen molar-refractivity contribution in [3.63, 3.8) is 0 Å². The highest BCUT2D eigenvalue weighted by atomic mass is 16.2. The van der Waals surface area contributed by atoms with Crippen LogP contribution in [0.2, 0.25) is 0 Å². The number of primary amides is 1. The van der Waals surface area contributed by atoms with E-state index in [1.54, 1.807) is 6.92 Å². The molecule has 0 unspecified atom stereocenters. The molecule has 0 bridgehead atoms. The summed E-state index contributed by atoms with van der Waals surface area (Å²) in [7, 11) is 0. The second-order valence-corrected chi connectivity index (χ2v) is 2.00. The Kier molecular flexibility index (Phi) is 4.62. The Morgan fingerprint density at radius 1 is 1.38 bits per heavy atom. The average molecular weight is 185 g/mol. The minimum atomic E-state index is -0.755. The van der Waals surface area contributed by atoms with Gasteiger partial charge in [-0.25, -0.2) is 10.2 Å². The van der Waals surface area contributed by atoms with Crippen LogP contribution in [0, 0.1) is 0 Å². The Morgan fingerprint density at radius 2 is 2.00 bits per heavy atom. The SMILES string of the molecule is CC(/C=N/N=C(N)N)=N\NC(N)=O. The van der Waals surface area contributed by atoms with E-state index in [1.807, 2.05) is 5.43 Å². The summed E-state index contributed by atoms with van der Waals surface area (Å²) < 4.78 is 0. The third-order valence-electron chi connectivity index (χ3n) is 0.760. The molecule has 0 aliphatic rings. The van der Waals surface area contributed by atoms with Crippen molar-refractivity contribution in [1.29, 1.82) is 0 Å². The van der Waals surface area contributed by atoms with Gasteiger partial charge in [0.15, 0.2) is 0 Å². The lowest BCUT2D eigenvalue weighted by Crippen LogP contribution is -2.25. The summed E-state index contributed by atoms with van der Waals surface area (Å²) >= 11 is 0. The van der Waals surface area contributed by atoms with Gasteiger partial charge in [-0.1, -0.05) is 0 Å². The van der Waals surface area contributed by atoms with Crippen LogP contribution in [0.4, 0.5) is 4.79 Å². The van der Waals surface area contributed by atoms with Crippen molar-refractivity contribution in [2.45, 2.75) is 6.92 Å². The molecule has 0 saturated carbocycles. The second kappa shape index (κ2) is 5.52. The minimum absolute atomic E-state index is 0.160. The Hall–Kier alpha value is -2.12. The van der Waals surface area contributed by atoms with E-state index in [-0.39, 0.29) is 5.96 Å². The Labute approximate surface area is 74.6 Å². The molecule has 0 aromatic rings. The van der Waals surface area contributed by atoms with Crippen LogP contribution in [0.3, 0.4) is 0 Å². The van der Waals surface area contributed by atoms with E-state index in [0.717, 1.165) is 0 Å². The average Bonchev–Trinajstić information content (AvgIpc) is 2.00. The van der Waals surface area contributed by atoms with E-state index in [0.29, 0.717) is 5.71 Å². The summed E-state index contributed by atoms with van der Waals surface area (Å²) in [5, 5.41) is 10.3. The third-order valence-corrected chi connectivity index (χ3v) is 0.760. The van der Waals surface area contributed by atoms with Crippen molar-refractivity contribution in [2.24, 2.45) is 32.5 Å². The zero-order valence-electron chi connectivity index (χ0n) is 7.06. The first-order valence-corrected chi connectivity index (χ1v) is 3.24. The molecular formula is C5H11N7O. The van der Waals surface area contributed by atoms with Crippen molar-refractivity contribution in [3.8, 4) is 0 Å². The van der Waals surface area contributed by atoms with Crippen LogP contribution < -0.4 is 22.6 Å². The first-order valence-electron chi connectivity index (χ1n) is 3.24. The van der Waals surface area contributed by atoms with Gasteiger partial charge >= 0.3 is 6.03 Å². The number of amides is 2. The number of carbonyl (C=O) groups excluding carboxylic acids is 1. The highest BCUT2D eigenvalue weighted by Crippen LogP contribution is 1.72. The van der Waals surface area contributed by atoms with E-state index < -0.39 is 6.03 Å². The predicted octanol–water partition coefficient (Wildman–Crippen LogP) is -1.71. The van der Waals surface area contributed by atoms with Crippen LogP contribution >= 0.6 is 0 Å². The molecule has 7 N–H and O–H groups in total. The standard InChI is InChI=1S/C5H11N7O/c1-3(10-12-5(8)13)2-9-11-4(6)7/h2H,1H3,(H4,6,7,11)(H3,8,12,13)/b9-2+,10-3+. The fraction of sp³-hybridized carbons (Fsp3) is 0.200. The maximum atomic E-state index is 10.2. The number of nitrogens with zero attached hydrogens (tertiary/aromatic N) is 3. The molecular weight excluding hydrogens is 174 g/mol. The summed E-state index contributed by atoms with van der Waals surface area (Å²) in [5.74, 6) is -0.160. The van der Waals surface area contributed by atoms with Gasteiger partial charge < -0.3 is 17.2 Å². The number of carbonyl (C=O) groups is 1. The number of nitrogens with one attached hydrogen (secondary N) is 1. The highest BCUT2D eigenvalue weighted by Gasteiger charge is 1.87. The fourth-order valence-corrected chi connectivity index (χ4v) is 0.351. The first-order chi connectivity index (χ1) is 6.02. The second-order valence-electron chi connectivity index (χ2n) is 2.00. The molecule has 0 radical (unpaired) electrons. The van der Waals surface area contributed by atoms with E-state index in [4.69, 9.17) is 17.2 Å². The fourth-order valence-electron chi connectivity index (χ4n) is 0.351. The number of hydrogen-bond acceptors (Lipinski definition) is 4. The number of guanidine groups is 1. The van der Waals surface area contributed by atoms with Crippen molar-refractivity contribution < 1.29 is 4.79 Å². The van der Waals surface area contributed by atoms with E-state index in [9.17, 15) is 4.79 Å². The molecule has 0 spiro atoms. The maximum Gasteiger partial charge on any atom is 0.332 e. The molecule has 0 aliphatic carbocycles. The topological polar surface area (TPSA) is 144 Å². The molecule has 13 heavy (non-hydrogen) atoms. The predicted molar refractivity (Wildman–Crippen MR) is 50.1 cm³/mol. The Bertz CT molecular complexity index is 262. The highest BCUT2D eigenvalue weighted by molar-refractivity contribution is 6.29. The van der Waals surface area contributed by atoms with Gasteiger partial charge in [-0.2, -0.15) is 10.2 Å². The molecule has 0 rings (SSSR count). The van der Waals surface area contributed by atoms with Gasteiger partial charge in [0.2, 0.25) is 5.96 Å². The molecule has 72 valence electrons. The van der Waals surface area contributed by atoms with E-state index >= 15 is 0 Å². The minimum Gasteiger partial charge on any atom is -0.369 e. The smallest absolute Gasteiger partial charge is 0.332 e. The molecule has 8 nitrogen and oxygen atoms in total. The van der Waals surface area contributed by atoms with Crippen LogP contribution in [0.25, 0.3) is 0 Å². The molecule has 8 heteroatoms. The summed E-state index contributed by atoms with van der Waals surface area (Å²) in [6, 6.07) is -0.755. The van der Waals surface area contributed by atoms with Crippen LogP contribution in [0.1, 0.15) is 6.92 Å². The Balaban J connectivity index is 4.06. The van der Waals surface area contributed by atoms with Gasteiger partial charge in [-0.15, -0.1) is 5.10 Å². The van der Waals surface area contributed by atoms with Crippen molar-refractivity contribution >= 4 is 23.9 Å². The summed E-state index contributed by atoms with van der Waals surface area (Å²) in [4.78, 5) is 10.2. The monoisotopic (exact) mass is 185 g/mol. The summed E-state index contributed by atoms with van der Waals surface area (Å²) in [6.07, 6.45) is 1.26. The largest absolute Gasteiger partial charge is 0.369 e. The summed E-state index contributed by atoms with van der Waals surface area (Å²) in [5.41, 5.74) is 17.1. The van der Waals surface area contributed by atoms with Gasteiger partial charge in [0.1, 0.15) is 0 Å². The number of nitrogens with two attached hydrogens (primary N) is 3. The van der Waals surface area contributed by atoms with Gasteiger partial charge in [-0.05, 0) is 6.92 Å². The van der Waals surface area contributed by atoms with Crippen molar-refractivity contribution in [1.82, 2.24) is 5.43 Å². The lowest BCUT2D eigenvalue weighted by atomic mass is 10.5. The van der Waals surface area contributed by atoms with Crippen molar-refractivity contribution in [3.05, 3.63) is 0 Å². The van der Waals surface area contributed by atoms with E-state index in [1.165, 1.54) is 6.21 Å². The number of hydrogen-bond donors (Lipinski definition) is 4. The lowest BCUT2D eigenvalue weighted by molar-refractivity contribution is 0.249. The maximum absolute atomic E-state index is 10.2. The zero-order valence-corrected chi connectivity index (χ0v) is 7.06. The van der Waals surface area contributed by atoms with Crippen LogP contribution in [-0.4, -0.2) is 23.9 Å². The normalized spacial score (nSPS) is 11.3. The quantitative estimate of drug-likeness (QED) is 0.236. The van der Waals surface area contributed by atoms with Gasteiger partial charge in [0.25, 0.3) is 0 Å². The van der Waals surface area contributed by atoms with Crippen LogP contribution in [-0.2, 0) is 0 Å². The van der Waals surface area contributed by atoms with E-state index in [2.05, 4.69) is 15.3 Å². The zero-order chi connectivity index (χ0) is 10.3.